The van der Waals surface area contributed by atoms with Crippen LogP contribution in [-0.2, 0) is 4.79 Å². The number of rotatable bonds is 3. The van der Waals surface area contributed by atoms with Gasteiger partial charge in [0.25, 0.3) is 0 Å². The fraction of sp³-hybridized carbons (Fsp3) is 0.417. The predicted molar refractivity (Wildman–Crippen MR) is 62.7 cm³/mol. The molecule has 5 heteroatoms. The van der Waals surface area contributed by atoms with Crippen LogP contribution in [0.4, 0.5) is 10.1 Å². The van der Waals surface area contributed by atoms with Gasteiger partial charge in [0, 0.05) is 18.6 Å². The van der Waals surface area contributed by atoms with Crippen molar-refractivity contribution in [2.45, 2.75) is 33.1 Å². The summed E-state index contributed by atoms with van der Waals surface area (Å²) in [4.78, 5) is 10.9. The maximum atomic E-state index is 13.5. The summed E-state index contributed by atoms with van der Waals surface area (Å²) in [5.74, 6) is -2.33. The molecular formula is C12H16FNO3. The van der Waals surface area contributed by atoms with Gasteiger partial charge in [0.2, 0.25) is 5.91 Å². The van der Waals surface area contributed by atoms with Crippen LogP contribution < -0.4 is 5.32 Å². The summed E-state index contributed by atoms with van der Waals surface area (Å²) in [6.45, 7) is 4.87. The van der Waals surface area contributed by atoms with E-state index in [9.17, 15) is 19.4 Å². The zero-order valence-electron chi connectivity index (χ0n) is 10.0. The topological polar surface area (TPSA) is 69.6 Å². The van der Waals surface area contributed by atoms with E-state index < -0.39 is 17.5 Å². The van der Waals surface area contributed by atoms with Crippen LogP contribution in [0.2, 0.25) is 0 Å². The van der Waals surface area contributed by atoms with Gasteiger partial charge in [-0.15, -0.1) is 0 Å². The molecule has 1 aromatic rings. The van der Waals surface area contributed by atoms with Gasteiger partial charge in [-0.3, -0.25) is 4.79 Å². The van der Waals surface area contributed by atoms with Crippen LogP contribution in [0.5, 0.6) is 11.5 Å². The Bertz CT molecular complexity index is 446. The van der Waals surface area contributed by atoms with Crippen LogP contribution in [0.15, 0.2) is 6.07 Å². The zero-order chi connectivity index (χ0) is 13.2. The number of carbonyl (C=O) groups excluding carboxylic acids is 1. The summed E-state index contributed by atoms with van der Waals surface area (Å²) in [7, 11) is 0. The molecule has 0 saturated carbocycles. The van der Waals surface area contributed by atoms with E-state index in [2.05, 4.69) is 5.32 Å². The number of amides is 1. The number of aromatic hydroxyl groups is 2. The number of phenols is 2. The molecule has 0 aromatic heterocycles. The minimum Gasteiger partial charge on any atom is -0.505 e. The summed E-state index contributed by atoms with van der Waals surface area (Å²) in [5.41, 5.74) is 0.0966. The number of carbonyl (C=O) groups is 1. The SMILES string of the molecule is CCC(C)c1c(O)c(F)cc(NC(C)=O)c1O. The lowest BCUT2D eigenvalue weighted by Crippen LogP contribution is -2.08. The molecule has 0 spiro atoms. The Hall–Kier alpha value is -1.78. The molecule has 3 N–H and O–H groups in total. The third-order valence-electron chi connectivity index (χ3n) is 2.68. The Morgan fingerprint density at radius 1 is 1.47 bits per heavy atom. The van der Waals surface area contributed by atoms with E-state index in [1.54, 1.807) is 6.92 Å². The molecule has 4 nitrogen and oxygen atoms in total. The zero-order valence-corrected chi connectivity index (χ0v) is 10.0. The average molecular weight is 241 g/mol. The number of halogens is 1. The van der Waals surface area contributed by atoms with Gasteiger partial charge in [-0.05, 0) is 12.3 Å². The van der Waals surface area contributed by atoms with Gasteiger partial charge in [0.05, 0.1) is 5.69 Å². The van der Waals surface area contributed by atoms with Crippen LogP contribution in [0, 0.1) is 5.82 Å². The minimum atomic E-state index is -0.859. The first-order valence-corrected chi connectivity index (χ1v) is 5.40. The molecule has 0 bridgehead atoms. The van der Waals surface area contributed by atoms with Crippen LogP contribution in [-0.4, -0.2) is 16.1 Å². The Morgan fingerprint density at radius 3 is 2.53 bits per heavy atom. The lowest BCUT2D eigenvalue weighted by atomic mass is 9.95. The van der Waals surface area contributed by atoms with Crippen molar-refractivity contribution in [1.29, 1.82) is 0 Å². The lowest BCUT2D eigenvalue weighted by Gasteiger charge is -2.16. The first-order chi connectivity index (χ1) is 7.88. The van der Waals surface area contributed by atoms with E-state index in [1.807, 2.05) is 6.92 Å². The van der Waals surface area contributed by atoms with Crippen LogP contribution in [0.3, 0.4) is 0 Å². The molecule has 0 radical (unpaired) electrons. The van der Waals surface area contributed by atoms with Crippen molar-refractivity contribution in [2.75, 3.05) is 5.32 Å². The largest absolute Gasteiger partial charge is 0.505 e. The average Bonchev–Trinajstić information content (AvgIpc) is 2.25. The van der Waals surface area contributed by atoms with Crippen molar-refractivity contribution in [2.24, 2.45) is 0 Å². The van der Waals surface area contributed by atoms with E-state index in [0.29, 0.717) is 6.42 Å². The highest BCUT2D eigenvalue weighted by molar-refractivity contribution is 5.91. The van der Waals surface area contributed by atoms with Gasteiger partial charge in [0.1, 0.15) is 5.75 Å². The molecule has 1 atom stereocenters. The summed E-state index contributed by atoms with van der Waals surface area (Å²) >= 11 is 0. The van der Waals surface area contributed by atoms with Gasteiger partial charge in [-0.2, -0.15) is 0 Å². The van der Waals surface area contributed by atoms with Gasteiger partial charge < -0.3 is 15.5 Å². The second kappa shape index (κ2) is 5.03. The number of hydrogen-bond donors (Lipinski definition) is 3. The minimum absolute atomic E-state index is 0.0249. The lowest BCUT2D eigenvalue weighted by molar-refractivity contribution is -0.114. The third-order valence-corrected chi connectivity index (χ3v) is 2.68. The highest BCUT2D eigenvalue weighted by Gasteiger charge is 2.21. The van der Waals surface area contributed by atoms with Crippen molar-refractivity contribution >= 4 is 11.6 Å². The fourth-order valence-electron chi connectivity index (χ4n) is 1.61. The van der Waals surface area contributed by atoms with Crippen LogP contribution in [0.25, 0.3) is 0 Å². The summed E-state index contributed by atoms with van der Waals surface area (Å²) in [6, 6.07) is 0.901. The molecule has 0 saturated heterocycles. The molecule has 1 aromatic carbocycles. The van der Waals surface area contributed by atoms with Gasteiger partial charge >= 0.3 is 0 Å². The Balaban J connectivity index is 3.37. The molecular weight excluding hydrogens is 225 g/mol. The standard InChI is InChI=1S/C12H16FNO3/c1-4-6(2)10-11(16)8(13)5-9(12(10)17)14-7(3)15/h5-6,16-17H,4H2,1-3H3,(H,14,15). The van der Waals surface area contributed by atoms with E-state index >= 15 is 0 Å². The van der Waals surface area contributed by atoms with Crippen molar-refractivity contribution < 1.29 is 19.4 Å². The van der Waals surface area contributed by atoms with Gasteiger partial charge in [-0.25, -0.2) is 4.39 Å². The first kappa shape index (κ1) is 13.3. The molecule has 1 amide bonds. The van der Waals surface area contributed by atoms with Crippen molar-refractivity contribution in [1.82, 2.24) is 0 Å². The normalized spacial score (nSPS) is 12.2. The second-order valence-corrected chi connectivity index (χ2v) is 4.01. The van der Waals surface area contributed by atoms with E-state index in [0.717, 1.165) is 6.07 Å². The quantitative estimate of drug-likeness (QED) is 0.563. The number of benzene rings is 1. The summed E-state index contributed by atoms with van der Waals surface area (Å²) in [6.07, 6.45) is 0.629. The molecule has 94 valence electrons. The van der Waals surface area contributed by atoms with Crippen molar-refractivity contribution in [3.8, 4) is 11.5 Å². The van der Waals surface area contributed by atoms with Crippen molar-refractivity contribution in [3.05, 3.63) is 17.4 Å². The molecule has 1 rings (SSSR count). The Morgan fingerprint density at radius 2 is 2.06 bits per heavy atom. The van der Waals surface area contributed by atoms with Crippen molar-refractivity contribution in [3.63, 3.8) is 0 Å². The number of phenolic OH excluding ortho intramolecular Hbond substituents is 2. The molecule has 1 unspecified atom stereocenters. The maximum absolute atomic E-state index is 13.5. The molecule has 0 aliphatic rings. The smallest absolute Gasteiger partial charge is 0.221 e. The molecule has 0 aliphatic heterocycles. The molecule has 0 aliphatic carbocycles. The van der Waals surface area contributed by atoms with E-state index in [-0.39, 0.29) is 22.9 Å². The third kappa shape index (κ3) is 2.67. The number of hydrogen-bond acceptors (Lipinski definition) is 3. The highest BCUT2D eigenvalue weighted by Crippen LogP contribution is 2.42. The Kier molecular flexibility index (Phi) is 3.93. The predicted octanol–water partition coefficient (Wildman–Crippen LogP) is 2.71. The second-order valence-electron chi connectivity index (χ2n) is 4.01. The van der Waals surface area contributed by atoms with Crippen LogP contribution >= 0.6 is 0 Å². The van der Waals surface area contributed by atoms with E-state index in [4.69, 9.17) is 0 Å². The maximum Gasteiger partial charge on any atom is 0.221 e. The Labute approximate surface area is 99.1 Å². The highest BCUT2D eigenvalue weighted by atomic mass is 19.1. The molecule has 17 heavy (non-hydrogen) atoms. The van der Waals surface area contributed by atoms with Gasteiger partial charge in [-0.1, -0.05) is 13.8 Å². The summed E-state index contributed by atoms with van der Waals surface area (Å²) < 4.78 is 13.5. The van der Waals surface area contributed by atoms with Crippen LogP contribution in [0.1, 0.15) is 38.7 Å². The van der Waals surface area contributed by atoms with Gasteiger partial charge in [0.15, 0.2) is 11.6 Å². The monoisotopic (exact) mass is 241 g/mol. The first-order valence-electron chi connectivity index (χ1n) is 5.40. The molecule has 0 fully saturated rings. The fourth-order valence-corrected chi connectivity index (χ4v) is 1.61. The summed E-state index contributed by atoms with van der Waals surface area (Å²) in [5, 5.41) is 21.8. The van der Waals surface area contributed by atoms with E-state index in [1.165, 1.54) is 6.92 Å². The molecule has 0 heterocycles. The number of anilines is 1. The number of nitrogens with one attached hydrogen (secondary N) is 1.